The number of amides is 2. The monoisotopic (exact) mass is 375 g/mol. The zero-order chi connectivity index (χ0) is 18.4. The van der Waals surface area contributed by atoms with Gasteiger partial charge in [-0.1, -0.05) is 30.0 Å². The van der Waals surface area contributed by atoms with Gasteiger partial charge in [0, 0.05) is 32.4 Å². The number of morpholine rings is 1. The normalized spacial score (nSPS) is 15.0. The Hall–Kier alpha value is -2.03. The van der Waals surface area contributed by atoms with Gasteiger partial charge in [-0.2, -0.15) is 0 Å². The minimum atomic E-state index is -0.216. The average molecular weight is 375 g/mol. The molecule has 26 heavy (non-hydrogen) atoms. The lowest BCUT2D eigenvalue weighted by molar-refractivity contribution is 0.0343. The van der Waals surface area contributed by atoms with Crippen LogP contribution in [0.2, 0.25) is 0 Å². The van der Waals surface area contributed by atoms with Crippen LogP contribution in [-0.4, -0.2) is 53.0 Å². The average Bonchev–Trinajstić information content (AvgIpc) is 3.02. The largest absolute Gasteiger partial charge is 0.379 e. The molecule has 2 aromatic rings. The van der Waals surface area contributed by atoms with E-state index in [2.05, 4.69) is 26.6 Å². The summed E-state index contributed by atoms with van der Waals surface area (Å²) in [6.45, 7) is 4.59. The third-order valence-corrected chi connectivity index (χ3v) is 5.16. The summed E-state index contributed by atoms with van der Waals surface area (Å²) in [6.07, 6.45) is 3.77. The molecule has 3 rings (SSSR count). The van der Waals surface area contributed by atoms with E-state index in [1.165, 1.54) is 0 Å². The lowest BCUT2D eigenvalue weighted by Gasteiger charge is -2.27. The van der Waals surface area contributed by atoms with E-state index < -0.39 is 0 Å². The molecule has 0 atom stereocenters. The molecular formula is C18H25N5O2S. The molecule has 1 fully saturated rings. The second kappa shape index (κ2) is 9.07. The second-order valence-corrected chi connectivity index (χ2v) is 6.92. The smallest absolute Gasteiger partial charge is 0.319 e. The first-order valence-corrected chi connectivity index (χ1v) is 9.87. The van der Waals surface area contributed by atoms with E-state index in [9.17, 15) is 4.79 Å². The van der Waals surface area contributed by atoms with Crippen molar-refractivity contribution in [3.05, 3.63) is 41.7 Å². The van der Waals surface area contributed by atoms with Crippen LogP contribution in [-0.2, 0) is 24.9 Å². The number of carbonyl (C=O) groups is 1. The maximum atomic E-state index is 12.3. The molecule has 0 aliphatic carbocycles. The highest BCUT2D eigenvalue weighted by Crippen LogP contribution is 2.18. The molecule has 1 saturated heterocycles. The lowest BCUT2D eigenvalue weighted by Crippen LogP contribution is -2.36. The van der Waals surface area contributed by atoms with Gasteiger partial charge in [0.1, 0.15) is 0 Å². The summed E-state index contributed by atoms with van der Waals surface area (Å²) in [5.41, 5.74) is 2.91. The van der Waals surface area contributed by atoms with E-state index in [-0.39, 0.29) is 6.03 Å². The molecule has 1 aliphatic heterocycles. The van der Waals surface area contributed by atoms with E-state index in [0.29, 0.717) is 6.54 Å². The van der Waals surface area contributed by atoms with Crippen molar-refractivity contribution in [1.29, 1.82) is 0 Å². The molecule has 1 aliphatic rings. The number of carbonyl (C=O) groups excluding carboxylic acids is 1. The SMILES string of the molecule is CSc1ncc(CNC(=O)Nc2ccccc2CN2CCOCC2)n1C. The molecule has 2 amide bonds. The van der Waals surface area contributed by atoms with Crippen LogP contribution in [0.25, 0.3) is 0 Å². The quantitative estimate of drug-likeness (QED) is 0.758. The molecule has 140 valence electrons. The van der Waals surface area contributed by atoms with Gasteiger partial charge in [0.05, 0.1) is 31.6 Å². The number of nitrogens with zero attached hydrogens (tertiary/aromatic N) is 3. The Balaban J connectivity index is 1.57. The highest BCUT2D eigenvalue weighted by Gasteiger charge is 2.14. The van der Waals surface area contributed by atoms with E-state index in [4.69, 9.17) is 4.74 Å². The highest BCUT2D eigenvalue weighted by atomic mass is 32.2. The Morgan fingerprint density at radius 2 is 2.08 bits per heavy atom. The standard InChI is InChI=1S/C18H25N5O2S/c1-22-15(12-20-18(22)26-2)11-19-17(24)21-16-6-4-3-5-14(16)13-23-7-9-25-10-8-23/h3-6,12H,7-11,13H2,1-2H3,(H2,19,21,24). The summed E-state index contributed by atoms with van der Waals surface area (Å²) < 4.78 is 7.38. The van der Waals surface area contributed by atoms with Crippen molar-refractivity contribution in [2.45, 2.75) is 18.2 Å². The van der Waals surface area contributed by atoms with Crippen molar-refractivity contribution in [3.8, 4) is 0 Å². The van der Waals surface area contributed by atoms with E-state index in [1.54, 1.807) is 18.0 Å². The second-order valence-electron chi connectivity index (χ2n) is 6.15. The molecule has 2 N–H and O–H groups in total. The zero-order valence-electron chi connectivity index (χ0n) is 15.2. The first-order valence-electron chi connectivity index (χ1n) is 8.65. The molecule has 0 radical (unpaired) electrons. The van der Waals surface area contributed by atoms with Gasteiger partial charge >= 0.3 is 6.03 Å². The van der Waals surface area contributed by atoms with Crippen molar-refractivity contribution in [3.63, 3.8) is 0 Å². The van der Waals surface area contributed by atoms with Crippen molar-refractivity contribution < 1.29 is 9.53 Å². The van der Waals surface area contributed by atoms with Crippen LogP contribution in [0, 0.1) is 0 Å². The summed E-state index contributed by atoms with van der Waals surface area (Å²) in [7, 11) is 1.95. The fraction of sp³-hybridized carbons (Fsp3) is 0.444. The number of hydrogen-bond acceptors (Lipinski definition) is 5. The van der Waals surface area contributed by atoms with Crippen LogP contribution < -0.4 is 10.6 Å². The minimum absolute atomic E-state index is 0.216. The zero-order valence-corrected chi connectivity index (χ0v) is 16.0. The van der Waals surface area contributed by atoms with Crippen molar-refractivity contribution >= 4 is 23.5 Å². The number of rotatable bonds is 6. The molecule has 0 spiro atoms. The number of hydrogen-bond donors (Lipinski definition) is 2. The van der Waals surface area contributed by atoms with Crippen molar-refractivity contribution in [2.75, 3.05) is 37.9 Å². The number of aromatic nitrogens is 2. The number of nitrogens with one attached hydrogen (secondary N) is 2. The molecular weight excluding hydrogens is 350 g/mol. The van der Waals surface area contributed by atoms with Gasteiger partial charge in [-0.25, -0.2) is 9.78 Å². The summed E-state index contributed by atoms with van der Waals surface area (Å²) in [5.74, 6) is 0. The molecule has 8 heteroatoms. The number of thioether (sulfide) groups is 1. The van der Waals surface area contributed by atoms with Gasteiger partial charge in [0.25, 0.3) is 0 Å². The molecule has 7 nitrogen and oxygen atoms in total. The molecule has 1 aromatic carbocycles. The predicted octanol–water partition coefficient (Wildman–Crippen LogP) is 2.30. The van der Waals surface area contributed by atoms with Gasteiger partial charge < -0.3 is 19.9 Å². The Labute approximate surface area is 158 Å². The number of para-hydroxylation sites is 1. The molecule has 0 saturated carbocycles. The van der Waals surface area contributed by atoms with Crippen LogP contribution in [0.15, 0.2) is 35.6 Å². The Kier molecular flexibility index (Phi) is 6.54. The van der Waals surface area contributed by atoms with Crippen LogP contribution in [0.5, 0.6) is 0 Å². The van der Waals surface area contributed by atoms with Gasteiger partial charge in [-0.15, -0.1) is 0 Å². The topological polar surface area (TPSA) is 71.4 Å². The van der Waals surface area contributed by atoms with Gasteiger partial charge in [0.15, 0.2) is 5.16 Å². The first kappa shape index (κ1) is 18.8. The first-order chi connectivity index (χ1) is 12.7. The number of benzene rings is 1. The van der Waals surface area contributed by atoms with E-state index in [0.717, 1.165) is 54.9 Å². The maximum absolute atomic E-state index is 12.3. The van der Waals surface area contributed by atoms with Crippen LogP contribution >= 0.6 is 11.8 Å². The third-order valence-electron chi connectivity index (χ3n) is 4.42. The Morgan fingerprint density at radius 1 is 1.31 bits per heavy atom. The van der Waals surface area contributed by atoms with Gasteiger partial charge in [0.2, 0.25) is 0 Å². The fourth-order valence-corrected chi connectivity index (χ4v) is 3.45. The number of anilines is 1. The van der Waals surface area contributed by atoms with Crippen LogP contribution in [0.4, 0.5) is 10.5 Å². The third kappa shape index (κ3) is 4.78. The lowest BCUT2D eigenvalue weighted by atomic mass is 10.1. The Morgan fingerprint density at radius 3 is 2.81 bits per heavy atom. The van der Waals surface area contributed by atoms with Crippen molar-refractivity contribution in [2.24, 2.45) is 7.05 Å². The highest BCUT2D eigenvalue weighted by molar-refractivity contribution is 7.98. The van der Waals surface area contributed by atoms with E-state index >= 15 is 0 Å². The number of imidazole rings is 1. The minimum Gasteiger partial charge on any atom is -0.379 e. The Bertz CT molecular complexity index is 743. The summed E-state index contributed by atoms with van der Waals surface area (Å²) in [5, 5.41) is 6.80. The summed E-state index contributed by atoms with van der Waals surface area (Å²) in [6, 6.07) is 7.71. The number of urea groups is 1. The van der Waals surface area contributed by atoms with E-state index in [1.807, 2.05) is 36.1 Å². The predicted molar refractivity (Wildman–Crippen MR) is 103 cm³/mol. The van der Waals surface area contributed by atoms with Crippen molar-refractivity contribution in [1.82, 2.24) is 19.8 Å². The number of ether oxygens (including phenoxy) is 1. The summed E-state index contributed by atoms with van der Waals surface area (Å²) >= 11 is 1.58. The van der Waals surface area contributed by atoms with Crippen LogP contribution in [0.1, 0.15) is 11.3 Å². The maximum Gasteiger partial charge on any atom is 0.319 e. The van der Waals surface area contributed by atoms with Gasteiger partial charge in [-0.05, 0) is 17.9 Å². The van der Waals surface area contributed by atoms with Crippen LogP contribution in [0.3, 0.4) is 0 Å². The molecule has 2 heterocycles. The molecule has 0 bridgehead atoms. The fourth-order valence-electron chi connectivity index (χ4n) is 2.90. The summed E-state index contributed by atoms with van der Waals surface area (Å²) in [4.78, 5) is 19.0. The molecule has 1 aromatic heterocycles. The molecule has 0 unspecified atom stereocenters. The van der Waals surface area contributed by atoms with Gasteiger partial charge in [-0.3, -0.25) is 4.90 Å².